The van der Waals surface area contributed by atoms with E-state index in [1.54, 1.807) is 30.2 Å². The normalized spacial score (nSPS) is 18.2. The third-order valence-electron chi connectivity index (χ3n) is 3.25. The van der Waals surface area contributed by atoms with E-state index in [1.165, 1.54) is 6.92 Å². The zero-order chi connectivity index (χ0) is 14.7. The number of rotatable bonds is 4. The molecule has 2 amide bonds. The van der Waals surface area contributed by atoms with Crippen LogP contribution in [0, 0.1) is 5.92 Å². The van der Waals surface area contributed by atoms with Crippen LogP contribution in [-0.2, 0) is 9.59 Å². The van der Waals surface area contributed by atoms with Crippen molar-refractivity contribution in [1.29, 1.82) is 0 Å². The average Bonchev–Trinajstić information content (AvgIpc) is 2.79. The van der Waals surface area contributed by atoms with E-state index in [0.717, 1.165) is 0 Å². The van der Waals surface area contributed by atoms with E-state index in [1.807, 2.05) is 0 Å². The molecule has 0 saturated carbocycles. The van der Waals surface area contributed by atoms with E-state index in [2.05, 4.69) is 17.9 Å². The molecule has 0 aromatic heterocycles. The van der Waals surface area contributed by atoms with E-state index in [-0.39, 0.29) is 17.7 Å². The van der Waals surface area contributed by atoms with Crippen LogP contribution in [0.25, 0.3) is 0 Å². The maximum atomic E-state index is 12.1. The van der Waals surface area contributed by atoms with Gasteiger partial charge in [0, 0.05) is 25.6 Å². The molecule has 5 nitrogen and oxygen atoms in total. The van der Waals surface area contributed by atoms with E-state index < -0.39 is 0 Å². The number of methoxy groups -OCH3 is 1. The highest BCUT2D eigenvalue weighted by atomic mass is 32.1. The molecule has 1 unspecified atom stereocenters. The number of hydrogen-bond acceptors (Lipinski definition) is 4. The molecule has 1 saturated heterocycles. The molecule has 20 heavy (non-hydrogen) atoms. The van der Waals surface area contributed by atoms with Crippen molar-refractivity contribution in [2.75, 3.05) is 29.6 Å². The van der Waals surface area contributed by atoms with Crippen molar-refractivity contribution >= 4 is 35.8 Å². The molecule has 1 fully saturated rings. The molecule has 1 aromatic carbocycles. The lowest BCUT2D eigenvalue weighted by atomic mass is 10.1. The summed E-state index contributed by atoms with van der Waals surface area (Å²) < 4.78 is 5.31. The Morgan fingerprint density at radius 3 is 2.85 bits per heavy atom. The van der Waals surface area contributed by atoms with Crippen LogP contribution in [-0.4, -0.2) is 31.2 Å². The number of anilines is 2. The summed E-state index contributed by atoms with van der Waals surface area (Å²) >= 11 is 4.26. The van der Waals surface area contributed by atoms with Gasteiger partial charge in [-0.3, -0.25) is 9.59 Å². The Hall–Kier alpha value is -1.69. The molecule has 108 valence electrons. The second-order valence-corrected chi connectivity index (χ2v) is 5.19. The zero-order valence-electron chi connectivity index (χ0n) is 11.5. The van der Waals surface area contributed by atoms with Gasteiger partial charge in [-0.05, 0) is 29.9 Å². The van der Waals surface area contributed by atoms with Gasteiger partial charge in [-0.1, -0.05) is 0 Å². The molecular weight excluding hydrogens is 276 g/mol. The smallest absolute Gasteiger partial charge is 0.227 e. The average molecular weight is 294 g/mol. The van der Waals surface area contributed by atoms with Gasteiger partial charge in [0.25, 0.3) is 0 Å². The summed E-state index contributed by atoms with van der Waals surface area (Å²) in [6, 6.07) is 5.27. The predicted octanol–water partition coefficient (Wildman–Crippen LogP) is 1.94. The minimum atomic E-state index is -0.151. The summed E-state index contributed by atoms with van der Waals surface area (Å²) in [4.78, 5) is 24.9. The molecule has 0 bridgehead atoms. The van der Waals surface area contributed by atoms with Gasteiger partial charge in [-0.2, -0.15) is 12.6 Å². The first-order valence-corrected chi connectivity index (χ1v) is 7.05. The lowest BCUT2D eigenvalue weighted by Crippen LogP contribution is -2.25. The third-order valence-corrected chi connectivity index (χ3v) is 3.77. The number of carbonyl (C=O) groups is 2. The first-order chi connectivity index (χ1) is 9.55. The van der Waals surface area contributed by atoms with E-state index >= 15 is 0 Å². The van der Waals surface area contributed by atoms with E-state index in [4.69, 9.17) is 4.74 Å². The van der Waals surface area contributed by atoms with Crippen molar-refractivity contribution in [2.45, 2.75) is 13.3 Å². The molecular formula is C14H18N2O3S. The minimum absolute atomic E-state index is 0.0577. The molecule has 0 aliphatic carbocycles. The molecule has 1 aliphatic heterocycles. The van der Waals surface area contributed by atoms with Crippen LogP contribution in [0.2, 0.25) is 0 Å². The summed E-state index contributed by atoms with van der Waals surface area (Å²) in [6.07, 6.45) is 0.497. The van der Waals surface area contributed by atoms with Crippen LogP contribution in [0.1, 0.15) is 13.3 Å². The SMILES string of the molecule is COc1ccc(NC(C)=O)cc1N1CC(CS)CC1=O. The maximum absolute atomic E-state index is 12.1. The molecule has 0 radical (unpaired) electrons. The van der Waals surface area contributed by atoms with Gasteiger partial charge in [0.15, 0.2) is 0 Å². The number of hydrogen-bond donors (Lipinski definition) is 2. The summed E-state index contributed by atoms with van der Waals surface area (Å²) in [5, 5.41) is 2.71. The number of benzene rings is 1. The third kappa shape index (κ3) is 3.07. The first kappa shape index (κ1) is 14.7. The second kappa shape index (κ2) is 6.17. The quantitative estimate of drug-likeness (QED) is 0.834. The molecule has 1 N–H and O–H groups in total. The van der Waals surface area contributed by atoms with Gasteiger partial charge in [0.05, 0.1) is 12.8 Å². The molecule has 1 atom stereocenters. The van der Waals surface area contributed by atoms with Crippen LogP contribution in [0.5, 0.6) is 5.75 Å². The first-order valence-electron chi connectivity index (χ1n) is 6.42. The number of nitrogens with one attached hydrogen (secondary N) is 1. The van der Waals surface area contributed by atoms with Crippen molar-refractivity contribution in [1.82, 2.24) is 0 Å². The van der Waals surface area contributed by atoms with Crippen LogP contribution in [0.15, 0.2) is 18.2 Å². The summed E-state index contributed by atoms with van der Waals surface area (Å²) in [5.41, 5.74) is 1.34. The molecule has 1 heterocycles. The molecule has 1 aromatic rings. The van der Waals surface area contributed by atoms with Crippen molar-refractivity contribution in [3.63, 3.8) is 0 Å². The van der Waals surface area contributed by atoms with Crippen LogP contribution in [0.4, 0.5) is 11.4 Å². The van der Waals surface area contributed by atoms with Gasteiger partial charge in [-0.15, -0.1) is 0 Å². The van der Waals surface area contributed by atoms with E-state index in [9.17, 15) is 9.59 Å². The Labute approximate surface area is 123 Å². The molecule has 6 heteroatoms. The Kier molecular flexibility index (Phi) is 4.54. The number of ether oxygens (including phenoxy) is 1. The van der Waals surface area contributed by atoms with Gasteiger partial charge in [-0.25, -0.2) is 0 Å². The maximum Gasteiger partial charge on any atom is 0.227 e. The Balaban J connectivity index is 2.33. The lowest BCUT2D eigenvalue weighted by Gasteiger charge is -2.20. The van der Waals surface area contributed by atoms with Gasteiger partial charge in [0.1, 0.15) is 5.75 Å². The highest BCUT2D eigenvalue weighted by Gasteiger charge is 2.31. The second-order valence-electron chi connectivity index (χ2n) is 4.82. The molecule has 1 aliphatic rings. The standard InChI is InChI=1S/C14H18N2O3S/c1-9(17)15-11-3-4-13(19-2)12(6-11)16-7-10(8-20)5-14(16)18/h3-4,6,10,20H,5,7-8H2,1-2H3,(H,15,17). The lowest BCUT2D eigenvalue weighted by molar-refractivity contribution is -0.117. The van der Waals surface area contributed by atoms with E-state index in [0.29, 0.717) is 35.8 Å². The van der Waals surface area contributed by atoms with Crippen LogP contribution < -0.4 is 15.0 Å². The van der Waals surface area contributed by atoms with Gasteiger partial charge >= 0.3 is 0 Å². The fourth-order valence-corrected chi connectivity index (χ4v) is 2.56. The largest absolute Gasteiger partial charge is 0.495 e. The molecule has 2 rings (SSSR count). The van der Waals surface area contributed by atoms with Crippen molar-refractivity contribution < 1.29 is 14.3 Å². The summed E-state index contributed by atoms with van der Waals surface area (Å²) in [6.45, 7) is 2.07. The highest BCUT2D eigenvalue weighted by molar-refractivity contribution is 7.80. The number of amides is 2. The van der Waals surface area contributed by atoms with Crippen LogP contribution in [0.3, 0.4) is 0 Å². The number of carbonyl (C=O) groups excluding carboxylic acids is 2. The highest BCUT2D eigenvalue weighted by Crippen LogP contribution is 2.35. The topological polar surface area (TPSA) is 58.6 Å². The summed E-state index contributed by atoms with van der Waals surface area (Å²) in [5.74, 6) is 1.45. The predicted molar refractivity (Wildman–Crippen MR) is 81.6 cm³/mol. The van der Waals surface area contributed by atoms with Crippen LogP contribution >= 0.6 is 12.6 Å². The number of nitrogens with zero attached hydrogens (tertiary/aromatic N) is 1. The monoisotopic (exact) mass is 294 g/mol. The Morgan fingerprint density at radius 1 is 1.55 bits per heavy atom. The van der Waals surface area contributed by atoms with Crippen molar-refractivity contribution in [3.05, 3.63) is 18.2 Å². The van der Waals surface area contributed by atoms with Gasteiger partial charge in [0.2, 0.25) is 11.8 Å². The van der Waals surface area contributed by atoms with Crippen molar-refractivity contribution in [3.8, 4) is 5.75 Å². The minimum Gasteiger partial charge on any atom is -0.495 e. The summed E-state index contributed by atoms with van der Waals surface area (Å²) in [7, 11) is 1.56. The Bertz CT molecular complexity index is 533. The fourth-order valence-electron chi connectivity index (χ4n) is 2.32. The zero-order valence-corrected chi connectivity index (χ0v) is 12.4. The van der Waals surface area contributed by atoms with Crippen molar-refractivity contribution in [2.24, 2.45) is 5.92 Å². The Morgan fingerprint density at radius 2 is 2.30 bits per heavy atom. The number of thiol groups is 1. The fraction of sp³-hybridized carbons (Fsp3) is 0.429. The molecule has 0 spiro atoms. The van der Waals surface area contributed by atoms with Gasteiger partial charge < -0.3 is 15.0 Å².